The molecule has 0 unspecified atom stereocenters. The second kappa shape index (κ2) is 9.60. The van der Waals surface area contributed by atoms with Crippen LogP contribution in [0.5, 0.6) is 0 Å². The minimum absolute atomic E-state index is 0.764. The second-order valence-corrected chi connectivity index (χ2v) is 10.9. The van der Waals surface area contributed by atoms with Gasteiger partial charge in [-0.2, -0.15) is 0 Å². The van der Waals surface area contributed by atoms with Gasteiger partial charge >= 0.3 is 0 Å². The highest BCUT2D eigenvalue weighted by Crippen LogP contribution is 2.51. The fraction of sp³-hybridized carbons (Fsp3) is 0.0513. The van der Waals surface area contributed by atoms with Crippen LogP contribution < -0.4 is 4.90 Å². The SMILES string of the molecule is C=N/C(=C\C(=C)C1=CC=CCC1)N1c2cc3c(cc2-c2cccc4cccc1c24)c1ccccc1n3-c1ccccc1. The zero-order valence-electron chi connectivity index (χ0n) is 23.3. The monoisotopic (exact) mass is 539 g/mol. The maximum Gasteiger partial charge on any atom is 0.137 e. The third kappa shape index (κ3) is 3.64. The molecule has 0 saturated heterocycles. The minimum Gasteiger partial charge on any atom is -0.309 e. The molecule has 6 aromatic rings. The van der Waals surface area contributed by atoms with Gasteiger partial charge < -0.3 is 4.57 Å². The van der Waals surface area contributed by atoms with E-state index in [-0.39, 0.29) is 0 Å². The van der Waals surface area contributed by atoms with Gasteiger partial charge in [0.25, 0.3) is 0 Å². The smallest absolute Gasteiger partial charge is 0.137 e. The molecule has 5 aromatic carbocycles. The molecule has 0 spiro atoms. The third-order valence-electron chi connectivity index (χ3n) is 8.58. The fourth-order valence-corrected chi connectivity index (χ4v) is 6.67. The molecule has 1 aliphatic heterocycles. The summed E-state index contributed by atoms with van der Waals surface area (Å²) < 4.78 is 2.37. The predicted molar refractivity (Wildman–Crippen MR) is 179 cm³/mol. The Hall–Kier alpha value is -5.41. The summed E-state index contributed by atoms with van der Waals surface area (Å²) in [5, 5.41) is 4.89. The van der Waals surface area contributed by atoms with Crippen LogP contribution in [-0.4, -0.2) is 11.3 Å². The molecule has 1 aromatic heterocycles. The first kappa shape index (κ1) is 24.4. The quantitative estimate of drug-likeness (QED) is 0.158. The Labute approximate surface area is 245 Å². The number of fused-ring (bicyclic) bond motifs is 5. The summed E-state index contributed by atoms with van der Waals surface area (Å²) in [7, 11) is 0. The number of allylic oxidation sites excluding steroid dienone is 6. The number of hydrogen-bond acceptors (Lipinski definition) is 2. The lowest BCUT2D eigenvalue weighted by atomic mass is 9.90. The molecule has 200 valence electrons. The van der Waals surface area contributed by atoms with Crippen LogP contribution in [0.25, 0.3) is 49.4 Å². The first-order valence-electron chi connectivity index (χ1n) is 14.4. The molecule has 0 bridgehead atoms. The molecule has 3 heteroatoms. The summed E-state index contributed by atoms with van der Waals surface area (Å²) in [6.07, 6.45) is 10.6. The molecule has 0 radical (unpaired) electrons. The molecular weight excluding hydrogens is 510 g/mol. The number of para-hydroxylation sites is 2. The van der Waals surface area contributed by atoms with Gasteiger partial charge in [-0.05, 0) is 84.1 Å². The molecule has 0 amide bonds. The van der Waals surface area contributed by atoms with Gasteiger partial charge in [0.15, 0.2) is 0 Å². The zero-order chi connectivity index (χ0) is 28.2. The van der Waals surface area contributed by atoms with Gasteiger partial charge in [-0.25, -0.2) is 4.99 Å². The molecule has 1 aliphatic carbocycles. The largest absolute Gasteiger partial charge is 0.309 e. The molecule has 2 aliphatic rings. The Kier molecular flexibility index (Phi) is 5.58. The Morgan fingerprint density at radius 1 is 0.762 bits per heavy atom. The normalized spacial score (nSPS) is 14.3. The summed E-state index contributed by atoms with van der Waals surface area (Å²) in [4.78, 5) is 6.91. The van der Waals surface area contributed by atoms with Crippen LogP contribution in [0.15, 0.2) is 156 Å². The van der Waals surface area contributed by atoms with E-state index in [9.17, 15) is 0 Å². The van der Waals surface area contributed by atoms with Crippen molar-refractivity contribution >= 4 is 50.7 Å². The lowest BCUT2D eigenvalue weighted by molar-refractivity contribution is 0.976. The highest BCUT2D eigenvalue weighted by Gasteiger charge is 2.29. The Morgan fingerprint density at radius 3 is 2.38 bits per heavy atom. The summed E-state index contributed by atoms with van der Waals surface area (Å²) in [6, 6.07) is 37.1. The van der Waals surface area contributed by atoms with Gasteiger partial charge in [0.1, 0.15) is 5.82 Å². The lowest BCUT2D eigenvalue weighted by Gasteiger charge is -2.33. The van der Waals surface area contributed by atoms with Crippen molar-refractivity contribution in [2.75, 3.05) is 4.90 Å². The van der Waals surface area contributed by atoms with Crippen LogP contribution in [0.1, 0.15) is 12.8 Å². The van der Waals surface area contributed by atoms with Crippen LogP contribution in [0.2, 0.25) is 0 Å². The number of aliphatic imine (C=N–C) groups is 1. The van der Waals surface area contributed by atoms with Crippen LogP contribution in [-0.2, 0) is 0 Å². The van der Waals surface area contributed by atoms with Crippen molar-refractivity contribution in [3.05, 3.63) is 151 Å². The summed E-state index contributed by atoms with van der Waals surface area (Å²) in [5.41, 5.74) is 10.3. The molecule has 8 rings (SSSR count). The van der Waals surface area contributed by atoms with E-state index in [2.05, 4.69) is 155 Å². The van der Waals surface area contributed by atoms with E-state index < -0.39 is 0 Å². The Balaban J connectivity index is 1.46. The molecule has 42 heavy (non-hydrogen) atoms. The van der Waals surface area contributed by atoms with Crippen LogP contribution in [0.3, 0.4) is 0 Å². The molecule has 0 atom stereocenters. The number of anilines is 2. The fourth-order valence-electron chi connectivity index (χ4n) is 6.67. The van der Waals surface area contributed by atoms with Crippen molar-refractivity contribution in [2.24, 2.45) is 4.99 Å². The number of hydrogen-bond donors (Lipinski definition) is 0. The number of benzene rings is 5. The predicted octanol–water partition coefficient (Wildman–Crippen LogP) is 10.4. The summed E-state index contributed by atoms with van der Waals surface area (Å²) >= 11 is 0. The van der Waals surface area contributed by atoms with Gasteiger partial charge in [-0.1, -0.05) is 91.5 Å². The van der Waals surface area contributed by atoms with E-state index in [1.54, 1.807) is 0 Å². The molecule has 2 heterocycles. The van der Waals surface area contributed by atoms with Crippen molar-refractivity contribution in [1.29, 1.82) is 0 Å². The van der Waals surface area contributed by atoms with Gasteiger partial charge in [-0.15, -0.1) is 0 Å². The highest BCUT2D eigenvalue weighted by molar-refractivity contribution is 6.18. The zero-order valence-corrected chi connectivity index (χ0v) is 23.3. The van der Waals surface area contributed by atoms with Gasteiger partial charge in [0.2, 0.25) is 0 Å². The van der Waals surface area contributed by atoms with Crippen LogP contribution in [0, 0.1) is 0 Å². The minimum atomic E-state index is 0.764. The number of nitrogens with zero attached hydrogens (tertiary/aromatic N) is 3. The highest BCUT2D eigenvalue weighted by atomic mass is 15.2. The van der Waals surface area contributed by atoms with E-state index in [1.165, 1.54) is 43.8 Å². The first-order chi connectivity index (χ1) is 20.7. The standard InChI is InChI=1S/C39H29N3/c1-26(27-13-5-3-6-14-27)23-38(40-2)42-35-22-12-16-28-15-11-20-31(39(28)35)33-24-32-30-19-9-10-21-34(30)41(36(32)25-37(33)42)29-17-7-4-8-18-29/h3-5,7-13,15-25H,1-2,6,14H2/b38-23+. The summed E-state index contributed by atoms with van der Waals surface area (Å²) in [6.45, 7) is 8.50. The van der Waals surface area contributed by atoms with Crippen molar-refractivity contribution in [1.82, 2.24) is 4.57 Å². The lowest BCUT2D eigenvalue weighted by Crippen LogP contribution is -2.19. The van der Waals surface area contributed by atoms with Crippen LogP contribution in [0.4, 0.5) is 11.4 Å². The number of rotatable bonds is 5. The number of aromatic nitrogens is 1. The maximum atomic E-state index is 4.63. The topological polar surface area (TPSA) is 20.5 Å². The molecule has 3 nitrogen and oxygen atoms in total. The van der Waals surface area contributed by atoms with E-state index in [0.29, 0.717) is 0 Å². The molecule has 0 N–H and O–H groups in total. The average molecular weight is 540 g/mol. The van der Waals surface area contributed by atoms with E-state index in [1.807, 2.05) is 0 Å². The molecule has 0 saturated carbocycles. The second-order valence-electron chi connectivity index (χ2n) is 10.9. The van der Waals surface area contributed by atoms with E-state index in [4.69, 9.17) is 0 Å². The van der Waals surface area contributed by atoms with Crippen molar-refractivity contribution < 1.29 is 0 Å². The van der Waals surface area contributed by atoms with Crippen molar-refractivity contribution in [2.45, 2.75) is 12.8 Å². The summed E-state index contributed by atoms with van der Waals surface area (Å²) in [5.74, 6) is 0.764. The molecular formula is C39H29N3. The van der Waals surface area contributed by atoms with Crippen molar-refractivity contribution in [3.8, 4) is 16.8 Å². The average Bonchev–Trinajstić information content (AvgIpc) is 3.37. The van der Waals surface area contributed by atoms with Crippen molar-refractivity contribution in [3.63, 3.8) is 0 Å². The van der Waals surface area contributed by atoms with Gasteiger partial charge in [0.05, 0.1) is 22.4 Å². The van der Waals surface area contributed by atoms with E-state index in [0.717, 1.165) is 46.8 Å². The Bertz CT molecular complexity index is 2170. The third-order valence-corrected chi connectivity index (χ3v) is 8.58. The van der Waals surface area contributed by atoms with Gasteiger partial charge in [-0.3, -0.25) is 4.90 Å². The van der Waals surface area contributed by atoms with E-state index >= 15 is 0 Å². The molecule has 0 fully saturated rings. The van der Waals surface area contributed by atoms with Gasteiger partial charge in [0, 0.05) is 27.4 Å². The first-order valence-corrected chi connectivity index (χ1v) is 14.4. The van der Waals surface area contributed by atoms with Crippen LogP contribution >= 0.6 is 0 Å². The maximum absolute atomic E-state index is 4.63. The Morgan fingerprint density at radius 2 is 1.57 bits per heavy atom.